The molecule has 0 saturated carbocycles. The van der Waals surface area contributed by atoms with Gasteiger partial charge in [0.15, 0.2) is 0 Å². The zero-order valence-corrected chi connectivity index (χ0v) is 8.21. The van der Waals surface area contributed by atoms with Crippen molar-refractivity contribution in [1.29, 1.82) is 0 Å². The Kier molecular flexibility index (Phi) is 2.25. The summed E-state index contributed by atoms with van der Waals surface area (Å²) in [5.74, 6) is 0. The normalized spacial score (nSPS) is 10.2. The standard InChI is InChI=1S/C11H10N2O2/c1-13(11(14)15)10-6-7-12-9-5-3-2-4-8(9)10/h2-7H,1H3,(H,14,15). The lowest BCUT2D eigenvalue weighted by atomic mass is 10.2. The molecule has 0 radical (unpaired) electrons. The SMILES string of the molecule is CN(C(=O)O)c1ccnc2ccccc12. The van der Waals surface area contributed by atoms with E-state index in [1.54, 1.807) is 12.3 Å². The largest absolute Gasteiger partial charge is 0.465 e. The molecule has 0 fully saturated rings. The van der Waals surface area contributed by atoms with Crippen LogP contribution in [0.15, 0.2) is 36.5 Å². The molecule has 4 heteroatoms. The predicted molar refractivity (Wildman–Crippen MR) is 58.2 cm³/mol. The molecule has 76 valence electrons. The summed E-state index contributed by atoms with van der Waals surface area (Å²) >= 11 is 0. The molecule has 0 bridgehead atoms. The summed E-state index contributed by atoms with van der Waals surface area (Å²) in [5.41, 5.74) is 1.44. The van der Waals surface area contributed by atoms with E-state index in [1.165, 1.54) is 11.9 Å². The number of benzene rings is 1. The van der Waals surface area contributed by atoms with Crippen molar-refractivity contribution in [3.8, 4) is 0 Å². The first-order valence-corrected chi connectivity index (χ1v) is 4.50. The van der Waals surface area contributed by atoms with Crippen LogP contribution in [0.3, 0.4) is 0 Å². The molecule has 1 aromatic carbocycles. The molecule has 0 atom stereocenters. The average molecular weight is 202 g/mol. The lowest BCUT2D eigenvalue weighted by molar-refractivity contribution is 0.203. The van der Waals surface area contributed by atoms with E-state index >= 15 is 0 Å². The van der Waals surface area contributed by atoms with Gasteiger partial charge in [-0.2, -0.15) is 0 Å². The molecule has 1 N–H and O–H groups in total. The van der Waals surface area contributed by atoms with Gasteiger partial charge in [-0.3, -0.25) is 9.88 Å². The Labute approximate surface area is 86.8 Å². The Morgan fingerprint density at radius 2 is 2.07 bits per heavy atom. The van der Waals surface area contributed by atoms with E-state index in [0.29, 0.717) is 5.69 Å². The fourth-order valence-electron chi connectivity index (χ4n) is 1.48. The van der Waals surface area contributed by atoms with Gasteiger partial charge >= 0.3 is 6.09 Å². The lowest BCUT2D eigenvalue weighted by Gasteiger charge is -2.14. The summed E-state index contributed by atoms with van der Waals surface area (Å²) in [6.07, 6.45) is 0.628. The number of hydrogen-bond acceptors (Lipinski definition) is 2. The van der Waals surface area contributed by atoms with E-state index in [0.717, 1.165) is 10.9 Å². The number of para-hydroxylation sites is 1. The van der Waals surface area contributed by atoms with E-state index in [2.05, 4.69) is 4.98 Å². The van der Waals surface area contributed by atoms with Crippen LogP contribution in [0.4, 0.5) is 10.5 Å². The number of fused-ring (bicyclic) bond motifs is 1. The Hall–Kier alpha value is -2.10. The summed E-state index contributed by atoms with van der Waals surface area (Å²) in [5, 5.41) is 9.74. The summed E-state index contributed by atoms with van der Waals surface area (Å²) in [4.78, 5) is 16.2. The number of carbonyl (C=O) groups is 1. The van der Waals surface area contributed by atoms with Crippen LogP contribution in [0.1, 0.15) is 0 Å². The number of hydrogen-bond donors (Lipinski definition) is 1. The van der Waals surface area contributed by atoms with Gasteiger partial charge in [-0.25, -0.2) is 4.79 Å². The highest BCUT2D eigenvalue weighted by Gasteiger charge is 2.11. The van der Waals surface area contributed by atoms with Gasteiger partial charge in [0.05, 0.1) is 11.2 Å². The summed E-state index contributed by atoms with van der Waals surface area (Å²) in [7, 11) is 1.52. The van der Waals surface area contributed by atoms with Crippen molar-refractivity contribution in [3.05, 3.63) is 36.5 Å². The smallest absolute Gasteiger partial charge is 0.411 e. The number of anilines is 1. The molecule has 4 nitrogen and oxygen atoms in total. The third-order valence-corrected chi connectivity index (χ3v) is 2.27. The maximum absolute atomic E-state index is 10.8. The van der Waals surface area contributed by atoms with Crippen LogP contribution >= 0.6 is 0 Å². The van der Waals surface area contributed by atoms with Crippen LogP contribution in [0.25, 0.3) is 10.9 Å². The molecule has 1 heterocycles. The Bertz CT molecular complexity index is 505. The number of rotatable bonds is 1. The van der Waals surface area contributed by atoms with Gasteiger partial charge in [0.1, 0.15) is 0 Å². The van der Waals surface area contributed by atoms with Crippen LogP contribution in [0.2, 0.25) is 0 Å². The van der Waals surface area contributed by atoms with Gasteiger partial charge < -0.3 is 5.11 Å². The molecule has 0 aliphatic heterocycles. The number of carboxylic acid groups (broad SMARTS) is 1. The third-order valence-electron chi connectivity index (χ3n) is 2.27. The van der Waals surface area contributed by atoms with Crippen molar-refractivity contribution in [2.45, 2.75) is 0 Å². The second kappa shape index (κ2) is 3.57. The second-order valence-electron chi connectivity index (χ2n) is 3.19. The topological polar surface area (TPSA) is 53.4 Å². The van der Waals surface area contributed by atoms with Crippen molar-refractivity contribution >= 4 is 22.7 Å². The summed E-state index contributed by atoms with van der Waals surface area (Å²) in [6, 6.07) is 9.14. The van der Waals surface area contributed by atoms with Gasteiger partial charge in [0.2, 0.25) is 0 Å². The van der Waals surface area contributed by atoms with Gasteiger partial charge in [-0.05, 0) is 12.1 Å². The maximum atomic E-state index is 10.8. The summed E-state index contributed by atoms with van der Waals surface area (Å²) in [6.45, 7) is 0. The minimum absolute atomic E-state index is 0.646. The molecular weight excluding hydrogens is 192 g/mol. The first-order chi connectivity index (χ1) is 7.20. The van der Waals surface area contributed by atoms with Crippen LogP contribution in [0.5, 0.6) is 0 Å². The highest BCUT2D eigenvalue weighted by molar-refractivity contribution is 5.99. The molecule has 0 spiro atoms. The molecule has 0 unspecified atom stereocenters. The van der Waals surface area contributed by atoms with Gasteiger partial charge in [-0.1, -0.05) is 18.2 Å². The minimum atomic E-state index is -0.980. The number of aromatic nitrogens is 1. The maximum Gasteiger partial charge on any atom is 0.411 e. The quantitative estimate of drug-likeness (QED) is 0.772. The number of nitrogens with zero attached hydrogens (tertiary/aromatic N) is 2. The molecule has 1 amide bonds. The molecule has 1 aromatic heterocycles. The van der Waals surface area contributed by atoms with E-state index in [1.807, 2.05) is 24.3 Å². The zero-order valence-electron chi connectivity index (χ0n) is 8.21. The van der Waals surface area contributed by atoms with Crippen molar-refractivity contribution in [3.63, 3.8) is 0 Å². The van der Waals surface area contributed by atoms with Crippen LogP contribution in [-0.2, 0) is 0 Å². The Morgan fingerprint density at radius 3 is 2.80 bits per heavy atom. The molecule has 15 heavy (non-hydrogen) atoms. The lowest BCUT2D eigenvalue weighted by Crippen LogP contribution is -2.23. The van der Waals surface area contributed by atoms with Gasteiger partial charge in [-0.15, -0.1) is 0 Å². The van der Waals surface area contributed by atoms with Crippen molar-refractivity contribution in [2.75, 3.05) is 11.9 Å². The van der Waals surface area contributed by atoms with Crippen LogP contribution in [0, 0.1) is 0 Å². The fraction of sp³-hybridized carbons (Fsp3) is 0.0909. The second-order valence-corrected chi connectivity index (χ2v) is 3.19. The highest BCUT2D eigenvalue weighted by Crippen LogP contribution is 2.23. The first-order valence-electron chi connectivity index (χ1n) is 4.50. The zero-order chi connectivity index (χ0) is 10.8. The van der Waals surface area contributed by atoms with Crippen molar-refractivity contribution in [1.82, 2.24) is 4.98 Å². The first kappa shape index (κ1) is 9.45. The van der Waals surface area contributed by atoms with E-state index in [4.69, 9.17) is 5.11 Å². The van der Waals surface area contributed by atoms with Gasteiger partial charge in [0.25, 0.3) is 0 Å². The fourth-order valence-corrected chi connectivity index (χ4v) is 1.48. The van der Waals surface area contributed by atoms with Crippen molar-refractivity contribution in [2.24, 2.45) is 0 Å². The molecule has 2 rings (SSSR count). The van der Waals surface area contributed by atoms with E-state index in [9.17, 15) is 4.79 Å². The minimum Gasteiger partial charge on any atom is -0.465 e. The van der Waals surface area contributed by atoms with E-state index < -0.39 is 6.09 Å². The molecular formula is C11H10N2O2. The summed E-state index contributed by atoms with van der Waals surface area (Å²) < 4.78 is 0. The van der Waals surface area contributed by atoms with Gasteiger partial charge in [0, 0.05) is 18.6 Å². The Morgan fingerprint density at radius 1 is 1.33 bits per heavy atom. The highest BCUT2D eigenvalue weighted by atomic mass is 16.4. The molecule has 2 aromatic rings. The third kappa shape index (κ3) is 1.61. The molecule has 0 saturated heterocycles. The van der Waals surface area contributed by atoms with Crippen LogP contribution in [-0.4, -0.2) is 23.2 Å². The molecule has 0 aliphatic carbocycles. The van der Waals surface area contributed by atoms with Crippen molar-refractivity contribution < 1.29 is 9.90 Å². The number of pyridine rings is 1. The average Bonchev–Trinajstić information content (AvgIpc) is 2.27. The molecule has 0 aliphatic rings. The van der Waals surface area contributed by atoms with Crippen LogP contribution < -0.4 is 4.90 Å². The number of amides is 1. The monoisotopic (exact) mass is 202 g/mol. The Balaban J connectivity index is 2.65. The predicted octanol–water partition coefficient (Wildman–Crippen LogP) is 2.35. The van der Waals surface area contributed by atoms with E-state index in [-0.39, 0.29) is 0 Å².